The molecule has 12 heteroatoms. The molecule has 0 bridgehead atoms. The number of hydrogen-bond acceptors (Lipinski definition) is 7. The van der Waals surface area contributed by atoms with E-state index in [0.29, 0.717) is 23.7 Å². The number of nitrogens with zero attached hydrogens (tertiary/aromatic N) is 2. The summed E-state index contributed by atoms with van der Waals surface area (Å²) in [5.74, 6) is 0.773. The normalized spacial score (nSPS) is 18.7. The van der Waals surface area contributed by atoms with Gasteiger partial charge in [-0.2, -0.15) is 0 Å². The molecule has 2 heterocycles. The summed E-state index contributed by atoms with van der Waals surface area (Å²) in [7, 11) is 1.68. The van der Waals surface area contributed by atoms with Crippen LogP contribution < -0.4 is 30.2 Å². The molecule has 4 rings (SSSR count). The zero-order valence-electron chi connectivity index (χ0n) is 23.4. The number of likely N-dealkylation sites (N-methyl/N-ethyl adjacent to an activating group) is 1. The van der Waals surface area contributed by atoms with Crippen LogP contribution in [-0.2, 0) is 0 Å². The van der Waals surface area contributed by atoms with Crippen molar-refractivity contribution in [3.05, 3.63) is 42.0 Å². The van der Waals surface area contributed by atoms with E-state index in [1.165, 1.54) is 4.90 Å². The third kappa shape index (κ3) is 6.50. The minimum atomic E-state index is -0.552. The molecule has 2 aromatic carbocycles. The Morgan fingerprint density at radius 1 is 1.12 bits per heavy atom. The number of aliphatic hydroxyl groups excluding tert-OH is 1. The molecule has 2 aromatic rings. The van der Waals surface area contributed by atoms with Crippen molar-refractivity contribution in [2.75, 3.05) is 44.2 Å². The number of rotatable bonds is 7. The van der Waals surface area contributed by atoms with Gasteiger partial charge in [-0.05, 0) is 45.0 Å². The van der Waals surface area contributed by atoms with Crippen molar-refractivity contribution in [3.63, 3.8) is 0 Å². The minimum absolute atomic E-state index is 0.0380. The van der Waals surface area contributed by atoms with Gasteiger partial charge in [0.1, 0.15) is 6.10 Å². The summed E-state index contributed by atoms with van der Waals surface area (Å²) in [6, 6.07) is 8.67. The van der Waals surface area contributed by atoms with E-state index >= 15 is 0 Å². The zero-order chi connectivity index (χ0) is 29.0. The number of ether oxygens (including phenoxy) is 3. The quantitative estimate of drug-likeness (QED) is 0.411. The number of amides is 5. The number of nitrogens with one attached hydrogen (secondary N) is 3. The van der Waals surface area contributed by atoms with Gasteiger partial charge in [0.05, 0.1) is 30.4 Å². The van der Waals surface area contributed by atoms with Gasteiger partial charge in [0, 0.05) is 37.3 Å². The number of benzene rings is 2. The van der Waals surface area contributed by atoms with Crippen molar-refractivity contribution in [2.45, 2.75) is 45.9 Å². The van der Waals surface area contributed by atoms with Crippen molar-refractivity contribution in [2.24, 2.45) is 5.92 Å². The van der Waals surface area contributed by atoms with Gasteiger partial charge in [-0.25, -0.2) is 9.59 Å². The van der Waals surface area contributed by atoms with Crippen LogP contribution in [-0.4, -0.2) is 84.6 Å². The first-order valence-electron chi connectivity index (χ1n) is 13.3. The molecule has 40 heavy (non-hydrogen) atoms. The molecule has 0 spiro atoms. The summed E-state index contributed by atoms with van der Waals surface area (Å²) in [5.41, 5.74) is 1.02. The number of fused-ring (bicyclic) bond motifs is 2. The standard InChI is InChI=1S/C28H37N5O7/c1-16(2)29-28(37)32(5)13-24-17(3)12-33(18(4)14-34)26(35)20-7-6-8-21(25(20)40-24)31-27(36)30-19-9-10-22-23(11-19)39-15-38-22/h6-11,16-18,24,34H,12-15H2,1-5H3,(H,29,37)(H2,30,31,36)/t17-,18-,24+/m0/s1. The van der Waals surface area contributed by atoms with Gasteiger partial charge in [-0.3, -0.25) is 4.79 Å². The molecule has 216 valence electrons. The third-order valence-corrected chi connectivity index (χ3v) is 6.78. The molecule has 12 nitrogen and oxygen atoms in total. The summed E-state index contributed by atoms with van der Waals surface area (Å²) in [5, 5.41) is 18.3. The van der Waals surface area contributed by atoms with Crippen LogP contribution in [0.5, 0.6) is 17.2 Å². The Hall–Kier alpha value is -4.19. The first-order valence-corrected chi connectivity index (χ1v) is 13.3. The molecule has 2 aliphatic heterocycles. The van der Waals surface area contributed by atoms with E-state index in [-0.39, 0.29) is 60.8 Å². The monoisotopic (exact) mass is 555 g/mol. The van der Waals surface area contributed by atoms with Gasteiger partial charge in [0.15, 0.2) is 17.2 Å². The Bertz CT molecular complexity index is 1250. The Kier molecular flexibility index (Phi) is 8.88. The van der Waals surface area contributed by atoms with Gasteiger partial charge in [-0.1, -0.05) is 13.0 Å². The number of para-hydroxylation sites is 1. The van der Waals surface area contributed by atoms with Crippen molar-refractivity contribution >= 4 is 29.3 Å². The summed E-state index contributed by atoms with van der Waals surface area (Å²) in [4.78, 5) is 42.4. The Morgan fingerprint density at radius 2 is 1.88 bits per heavy atom. The van der Waals surface area contributed by atoms with Crippen LogP contribution in [0.3, 0.4) is 0 Å². The van der Waals surface area contributed by atoms with Crippen molar-refractivity contribution in [1.82, 2.24) is 15.1 Å². The first-order chi connectivity index (χ1) is 19.1. The largest absolute Gasteiger partial charge is 0.485 e. The Balaban J connectivity index is 1.62. The molecule has 2 aliphatic rings. The van der Waals surface area contributed by atoms with Gasteiger partial charge in [0.2, 0.25) is 6.79 Å². The van der Waals surface area contributed by atoms with Gasteiger partial charge < -0.3 is 45.1 Å². The highest BCUT2D eigenvalue weighted by atomic mass is 16.7. The topological polar surface area (TPSA) is 142 Å². The third-order valence-electron chi connectivity index (χ3n) is 6.78. The Labute approximate surface area is 233 Å². The zero-order valence-corrected chi connectivity index (χ0v) is 23.4. The van der Waals surface area contributed by atoms with Crippen LogP contribution >= 0.6 is 0 Å². The molecule has 4 N–H and O–H groups in total. The highest BCUT2D eigenvalue weighted by Crippen LogP contribution is 2.36. The van der Waals surface area contributed by atoms with E-state index in [2.05, 4.69) is 16.0 Å². The number of aliphatic hydroxyl groups is 1. The second-order valence-electron chi connectivity index (χ2n) is 10.4. The Morgan fingerprint density at radius 3 is 2.60 bits per heavy atom. The molecular weight excluding hydrogens is 518 g/mol. The van der Waals surface area contributed by atoms with Crippen LogP contribution in [0.25, 0.3) is 0 Å². The fraction of sp³-hybridized carbons (Fsp3) is 0.464. The van der Waals surface area contributed by atoms with Crippen LogP contribution in [0.1, 0.15) is 38.1 Å². The van der Waals surface area contributed by atoms with Gasteiger partial charge in [-0.15, -0.1) is 0 Å². The summed E-state index contributed by atoms with van der Waals surface area (Å²) in [6.45, 7) is 7.89. The second-order valence-corrected chi connectivity index (χ2v) is 10.4. The van der Waals surface area contributed by atoms with E-state index in [0.717, 1.165) is 0 Å². The number of anilines is 2. The number of carbonyl (C=O) groups excluding carboxylic acids is 3. The van der Waals surface area contributed by atoms with E-state index in [1.54, 1.807) is 55.3 Å². The SMILES string of the molecule is CC(C)NC(=O)N(C)C[C@H]1Oc2c(NC(=O)Nc3ccc4c(c3)OCO4)cccc2C(=O)N([C@@H](C)CO)C[C@@H]1C. The van der Waals surface area contributed by atoms with E-state index in [9.17, 15) is 19.5 Å². The lowest BCUT2D eigenvalue weighted by Gasteiger charge is -2.38. The number of carbonyl (C=O) groups is 3. The van der Waals surface area contributed by atoms with Crippen LogP contribution in [0.4, 0.5) is 21.0 Å². The smallest absolute Gasteiger partial charge is 0.323 e. The second kappa shape index (κ2) is 12.3. The van der Waals surface area contributed by atoms with Crippen molar-refractivity contribution in [3.8, 4) is 17.2 Å². The highest BCUT2D eigenvalue weighted by molar-refractivity contribution is 6.04. The lowest BCUT2D eigenvalue weighted by molar-refractivity contribution is 0.0368. The molecule has 5 amide bonds. The van der Waals surface area contributed by atoms with E-state index in [4.69, 9.17) is 14.2 Å². The van der Waals surface area contributed by atoms with E-state index in [1.807, 2.05) is 20.8 Å². The number of hydrogen-bond donors (Lipinski definition) is 4. The van der Waals surface area contributed by atoms with Crippen LogP contribution in [0, 0.1) is 5.92 Å². The molecule has 3 atom stereocenters. The van der Waals surface area contributed by atoms with Crippen molar-refractivity contribution in [1.29, 1.82) is 0 Å². The molecular formula is C28H37N5O7. The van der Waals surface area contributed by atoms with Gasteiger partial charge in [0.25, 0.3) is 5.91 Å². The molecule has 0 aromatic heterocycles. The van der Waals surface area contributed by atoms with Crippen molar-refractivity contribution < 1.29 is 33.7 Å². The molecule has 0 saturated heterocycles. The number of urea groups is 2. The molecule has 0 aliphatic carbocycles. The maximum atomic E-state index is 13.6. The fourth-order valence-corrected chi connectivity index (χ4v) is 4.53. The first kappa shape index (κ1) is 28.8. The minimum Gasteiger partial charge on any atom is -0.485 e. The summed E-state index contributed by atoms with van der Waals surface area (Å²) >= 11 is 0. The average molecular weight is 556 g/mol. The van der Waals surface area contributed by atoms with Crippen LogP contribution in [0.15, 0.2) is 36.4 Å². The predicted octanol–water partition coefficient (Wildman–Crippen LogP) is 3.33. The summed E-state index contributed by atoms with van der Waals surface area (Å²) in [6.07, 6.45) is -0.525. The molecule has 0 saturated carbocycles. The average Bonchev–Trinajstić information content (AvgIpc) is 3.38. The lowest BCUT2D eigenvalue weighted by Crippen LogP contribution is -2.51. The maximum absolute atomic E-state index is 13.6. The summed E-state index contributed by atoms with van der Waals surface area (Å²) < 4.78 is 17.1. The molecule has 0 fully saturated rings. The highest BCUT2D eigenvalue weighted by Gasteiger charge is 2.35. The molecule has 0 radical (unpaired) electrons. The van der Waals surface area contributed by atoms with Gasteiger partial charge >= 0.3 is 12.1 Å². The predicted molar refractivity (Wildman–Crippen MR) is 149 cm³/mol. The fourth-order valence-electron chi connectivity index (χ4n) is 4.53. The van der Waals surface area contributed by atoms with Crippen LogP contribution in [0.2, 0.25) is 0 Å². The molecule has 0 unspecified atom stereocenters. The van der Waals surface area contributed by atoms with E-state index < -0.39 is 18.2 Å². The lowest BCUT2D eigenvalue weighted by atomic mass is 9.99. The maximum Gasteiger partial charge on any atom is 0.323 e.